The summed E-state index contributed by atoms with van der Waals surface area (Å²) in [6.45, 7) is 3.35. The zero-order valence-electron chi connectivity index (χ0n) is 20.5. The lowest BCUT2D eigenvalue weighted by molar-refractivity contribution is -0.135. The summed E-state index contributed by atoms with van der Waals surface area (Å²) in [6, 6.07) is 15.2. The first-order chi connectivity index (χ1) is 17.3. The molecule has 2 aromatic carbocycles. The van der Waals surface area contributed by atoms with Crippen LogP contribution in [0.5, 0.6) is 0 Å². The van der Waals surface area contributed by atoms with Gasteiger partial charge in [0.15, 0.2) is 5.78 Å². The first-order valence-electron chi connectivity index (χ1n) is 12.5. The molecular formula is C29H30N2O5. The van der Waals surface area contributed by atoms with Crippen LogP contribution in [0.1, 0.15) is 61.9 Å². The van der Waals surface area contributed by atoms with Crippen molar-refractivity contribution in [2.75, 3.05) is 4.90 Å². The standard InChI is InChI=1S/C29H30N2O5/c1-29(2,35)21-12-8-20(9-13-21)26(32)24-25(19-6-4-3-5-7-19)31(28(34)27(24)33)22-14-10-18(11-15-22)23-16-17-36-30-23/h8-17,19,24-25,35H,3-7H2,1-2H3. The van der Waals surface area contributed by atoms with Crippen LogP contribution in [0.4, 0.5) is 5.69 Å². The van der Waals surface area contributed by atoms with Gasteiger partial charge in [-0.05, 0) is 50.3 Å². The predicted octanol–water partition coefficient (Wildman–Crippen LogP) is 4.93. The highest BCUT2D eigenvalue weighted by Crippen LogP contribution is 2.41. The molecule has 2 fully saturated rings. The molecule has 1 N–H and O–H groups in total. The maximum absolute atomic E-state index is 13.7. The SMILES string of the molecule is CC(C)(O)c1ccc(C(=O)C2C(=O)C(=O)N(c3ccc(-c4ccon4)cc3)C2C2CCCCC2)cc1. The fourth-order valence-corrected chi connectivity index (χ4v) is 5.59. The van der Waals surface area contributed by atoms with E-state index < -0.39 is 29.3 Å². The topological polar surface area (TPSA) is 101 Å². The Bertz CT molecular complexity index is 1250. The van der Waals surface area contributed by atoms with Gasteiger partial charge < -0.3 is 14.5 Å². The van der Waals surface area contributed by atoms with Crippen LogP contribution in [0.3, 0.4) is 0 Å². The largest absolute Gasteiger partial charge is 0.386 e. The zero-order chi connectivity index (χ0) is 25.4. The number of aromatic nitrogens is 1. The van der Waals surface area contributed by atoms with Gasteiger partial charge in [-0.25, -0.2) is 0 Å². The molecule has 1 aliphatic carbocycles. The summed E-state index contributed by atoms with van der Waals surface area (Å²) in [6.07, 6.45) is 6.40. The van der Waals surface area contributed by atoms with Gasteiger partial charge in [0, 0.05) is 22.9 Å². The average Bonchev–Trinajstić information content (AvgIpc) is 3.51. The molecule has 186 valence electrons. The Kier molecular flexibility index (Phi) is 6.35. The van der Waals surface area contributed by atoms with Crippen LogP contribution in [0.15, 0.2) is 65.4 Å². The normalized spacial score (nSPS) is 21.2. The van der Waals surface area contributed by atoms with Gasteiger partial charge in [-0.1, -0.05) is 60.8 Å². The van der Waals surface area contributed by atoms with E-state index in [1.807, 2.05) is 12.1 Å². The second-order valence-corrected chi connectivity index (χ2v) is 10.3. The van der Waals surface area contributed by atoms with Crippen molar-refractivity contribution in [3.63, 3.8) is 0 Å². The molecule has 1 aliphatic heterocycles. The third kappa shape index (κ3) is 4.39. The lowest BCUT2D eigenvalue weighted by atomic mass is 9.76. The molecule has 0 radical (unpaired) electrons. The van der Waals surface area contributed by atoms with Crippen molar-refractivity contribution < 1.29 is 24.0 Å². The van der Waals surface area contributed by atoms with Gasteiger partial charge >= 0.3 is 0 Å². The summed E-state index contributed by atoms with van der Waals surface area (Å²) < 4.78 is 4.92. The van der Waals surface area contributed by atoms with Crippen molar-refractivity contribution in [2.24, 2.45) is 11.8 Å². The van der Waals surface area contributed by atoms with Gasteiger partial charge in [0.1, 0.15) is 17.9 Å². The number of amides is 1. The van der Waals surface area contributed by atoms with Crippen molar-refractivity contribution in [1.82, 2.24) is 5.16 Å². The maximum Gasteiger partial charge on any atom is 0.295 e. The number of nitrogens with zero attached hydrogens (tertiary/aromatic N) is 2. The number of rotatable bonds is 6. The maximum atomic E-state index is 13.7. The smallest absolute Gasteiger partial charge is 0.295 e. The molecule has 2 atom stereocenters. The first-order valence-corrected chi connectivity index (χ1v) is 12.5. The van der Waals surface area contributed by atoms with Crippen LogP contribution < -0.4 is 4.90 Å². The molecule has 1 aromatic heterocycles. The van der Waals surface area contributed by atoms with Gasteiger partial charge in [0.25, 0.3) is 5.91 Å². The number of Topliss-reactive ketones (excluding diaryl/α,β-unsaturated/α-hetero) is 2. The molecule has 2 aliphatic rings. The Labute approximate surface area is 210 Å². The number of anilines is 1. The van der Waals surface area contributed by atoms with Crippen molar-refractivity contribution in [3.8, 4) is 11.3 Å². The molecule has 1 saturated carbocycles. The summed E-state index contributed by atoms with van der Waals surface area (Å²) in [5.74, 6) is -2.61. The summed E-state index contributed by atoms with van der Waals surface area (Å²) in [4.78, 5) is 42.0. The van der Waals surface area contributed by atoms with E-state index in [1.165, 1.54) is 6.26 Å². The number of benzene rings is 2. The zero-order valence-corrected chi connectivity index (χ0v) is 20.5. The number of aliphatic hydroxyl groups is 1. The molecule has 0 bridgehead atoms. The summed E-state index contributed by atoms with van der Waals surface area (Å²) in [5, 5.41) is 14.2. The molecule has 7 nitrogen and oxygen atoms in total. The minimum Gasteiger partial charge on any atom is -0.386 e. The third-order valence-electron chi connectivity index (χ3n) is 7.52. The molecule has 7 heteroatoms. The van der Waals surface area contributed by atoms with E-state index in [1.54, 1.807) is 61.2 Å². The predicted molar refractivity (Wildman–Crippen MR) is 134 cm³/mol. The number of carbonyl (C=O) groups excluding carboxylic acids is 3. The minimum absolute atomic E-state index is 0.0639. The van der Waals surface area contributed by atoms with E-state index in [0.29, 0.717) is 22.5 Å². The van der Waals surface area contributed by atoms with Crippen LogP contribution in [0, 0.1) is 11.8 Å². The lowest BCUT2D eigenvalue weighted by Crippen LogP contribution is -2.44. The minimum atomic E-state index is -1.05. The summed E-state index contributed by atoms with van der Waals surface area (Å²) in [5.41, 5.74) is 2.11. The first kappa shape index (κ1) is 24.1. The van der Waals surface area contributed by atoms with Crippen LogP contribution in [0.2, 0.25) is 0 Å². The summed E-state index contributed by atoms with van der Waals surface area (Å²) in [7, 11) is 0. The van der Waals surface area contributed by atoms with E-state index >= 15 is 0 Å². The molecule has 2 unspecified atom stereocenters. The molecule has 0 spiro atoms. The molecule has 1 saturated heterocycles. The Morgan fingerprint density at radius 2 is 1.64 bits per heavy atom. The second kappa shape index (κ2) is 9.47. The number of hydrogen-bond donors (Lipinski definition) is 1. The van der Waals surface area contributed by atoms with E-state index in [4.69, 9.17) is 4.52 Å². The molecule has 2 heterocycles. The quantitative estimate of drug-likeness (QED) is 0.301. The molecule has 36 heavy (non-hydrogen) atoms. The van der Waals surface area contributed by atoms with Gasteiger partial charge in [-0.3, -0.25) is 14.4 Å². The Hall–Kier alpha value is -3.58. The van der Waals surface area contributed by atoms with E-state index in [0.717, 1.165) is 37.7 Å². The Morgan fingerprint density at radius 1 is 0.972 bits per heavy atom. The molecular weight excluding hydrogens is 456 g/mol. The summed E-state index contributed by atoms with van der Waals surface area (Å²) >= 11 is 0. The van der Waals surface area contributed by atoms with Crippen LogP contribution >= 0.6 is 0 Å². The van der Waals surface area contributed by atoms with Crippen molar-refractivity contribution >= 4 is 23.2 Å². The van der Waals surface area contributed by atoms with Crippen molar-refractivity contribution in [3.05, 3.63) is 72.0 Å². The number of ketones is 2. The highest BCUT2D eigenvalue weighted by atomic mass is 16.5. The number of hydrogen-bond acceptors (Lipinski definition) is 6. The molecule has 1 amide bonds. The Balaban J connectivity index is 1.51. The average molecular weight is 487 g/mol. The molecule has 5 rings (SSSR count). The Morgan fingerprint density at radius 3 is 2.22 bits per heavy atom. The highest BCUT2D eigenvalue weighted by molar-refractivity contribution is 6.49. The number of carbonyl (C=O) groups is 3. The van der Waals surface area contributed by atoms with Gasteiger partial charge in [-0.2, -0.15) is 0 Å². The highest BCUT2D eigenvalue weighted by Gasteiger charge is 2.54. The fourth-order valence-electron chi connectivity index (χ4n) is 5.59. The lowest BCUT2D eigenvalue weighted by Gasteiger charge is -2.35. The van der Waals surface area contributed by atoms with Crippen molar-refractivity contribution in [1.29, 1.82) is 0 Å². The van der Waals surface area contributed by atoms with E-state index in [2.05, 4.69) is 5.16 Å². The third-order valence-corrected chi connectivity index (χ3v) is 7.52. The van der Waals surface area contributed by atoms with Crippen LogP contribution in [-0.2, 0) is 15.2 Å². The monoisotopic (exact) mass is 486 g/mol. The second-order valence-electron chi connectivity index (χ2n) is 10.3. The fraction of sp³-hybridized carbons (Fsp3) is 0.379. The van der Waals surface area contributed by atoms with Crippen molar-refractivity contribution in [2.45, 2.75) is 57.6 Å². The van der Waals surface area contributed by atoms with Crippen LogP contribution in [-0.4, -0.2) is 33.8 Å². The van der Waals surface area contributed by atoms with E-state index in [-0.39, 0.29) is 11.7 Å². The van der Waals surface area contributed by atoms with Gasteiger partial charge in [0.05, 0.1) is 11.6 Å². The van der Waals surface area contributed by atoms with Crippen LogP contribution in [0.25, 0.3) is 11.3 Å². The molecule has 3 aromatic rings. The van der Waals surface area contributed by atoms with Gasteiger partial charge in [0.2, 0.25) is 5.78 Å². The van der Waals surface area contributed by atoms with Gasteiger partial charge in [-0.15, -0.1) is 0 Å². The van der Waals surface area contributed by atoms with E-state index in [9.17, 15) is 19.5 Å².